The van der Waals surface area contributed by atoms with Crippen LogP contribution >= 0.6 is 11.6 Å². The van der Waals surface area contributed by atoms with Crippen LogP contribution in [0.5, 0.6) is 5.75 Å². The minimum absolute atomic E-state index is 0.0443. The third-order valence-electron chi connectivity index (χ3n) is 24.1. The van der Waals surface area contributed by atoms with Gasteiger partial charge in [0, 0.05) is 125 Å². The third-order valence-corrected chi connectivity index (χ3v) is 24.4. The summed E-state index contributed by atoms with van der Waals surface area (Å²) >= 11 is 7.02. The van der Waals surface area contributed by atoms with Gasteiger partial charge in [0.25, 0.3) is 0 Å². The van der Waals surface area contributed by atoms with Crippen molar-refractivity contribution in [3.05, 3.63) is 59.9 Å². The van der Waals surface area contributed by atoms with Crippen molar-refractivity contribution >= 4 is 123 Å². The predicted octanol–water partition coefficient (Wildman–Crippen LogP) is 7.71. The van der Waals surface area contributed by atoms with Gasteiger partial charge < -0.3 is 91.6 Å². The number of fused-ring (bicyclic) bond motifs is 5. The molecular formula is C95H150ClFN18O16. The summed E-state index contributed by atoms with van der Waals surface area (Å²) in [5.74, 6) is -8.11. The van der Waals surface area contributed by atoms with Crippen LogP contribution in [0.4, 0.5) is 16.2 Å². The van der Waals surface area contributed by atoms with E-state index in [2.05, 4.69) is 55.7 Å². The lowest BCUT2D eigenvalue weighted by atomic mass is 9.92. The molecule has 0 aliphatic carbocycles. The van der Waals surface area contributed by atoms with Crippen LogP contribution in [-0.4, -0.2) is 301 Å². The molecular weight excluding hydrogens is 1700 g/mol. The van der Waals surface area contributed by atoms with E-state index in [0.29, 0.717) is 104 Å². The van der Waals surface area contributed by atoms with Gasteiger partial charge in [0.15, 0.2) is 0 Å². The first-order valence-electron chi connectivity index (χ1n) is 46.3. The fraction of sp³-hybridized carbons (Fsp3) is 0.663. The summed E-state index contributed by atoms with van der Waals surface area (Å²) in [7, 11) is 10.2. The Bertz CT molecular complexity index is 4480. The van der Waals surface area contributed by atoms with Crippen LogP contribution in [0.15, 0.2) is 43.5 Å². The van der Waals surface area contributed by atoms with Crippen LogP contribution in [0.25, 0.3) is 27.6 Å². The molecule has 2 aromatic carbocycles. The minimum Gasteiger partial charge on any atom is -0.488 e. The molecule has 1 aromatic heterocycles. The molecule has 0 unspecified atom stereocenters. The number of nitrogens with one attached hydrogen (secondary N) is 8. The number of anilines is 2. The number of unbranched alkanes of at least 4 members (excludes halogenated alkanes) is 3. The Kier molecular flexibility index (Phi) is 44.5. The Labute approximate surface area is 779 Å². The summed E-state index contributed by atoms with van der Waals surface area (Å²) in [5.41, 5.74) is 2.12. The number of ether oxygens (including phenoxy) is 1. The van der Waals surface area contributed by atoms with Gasteiger partial charge in [-0.05, 0) is 143 Å². The van der Waals surface area contributed by atoms with Crippen molar-refractivity contribution < 1.29 is 81.4 Å². The molecule has 2 aliphatic rings. The van der Waals surface area contributed by atoms with Crippen LogP contribution in [0.2, 0.25) is 5.02 Å². The topological polar surface area (TPSA) is 416 Å². The van der Waals surface area contributed by atoms with E-state index in [1.54, 1.807) is 50.8 Å². The molecule has 730 valence electrons. The lowest BCUT2D eigenvalue weighted by molar-refractivity contribution is -0.153. The zero-order valence-corrected chi connectivity index (χ0v) is 82.4. The molecule has 1 saturated heterocycles. The maximum atomic E-state index is 15.7. The molecule has 3 aromatic rings. The minimum atomic E-state index is -1.25. The van der Waals surface area contributed by atoms with Gasteiger partial charge in [0.2, 0.25) is 88.6 Å². The molecule has 9 N–H and O–H groups in total. The van der Waals surface area contributed by atoms with Crippen LogP contribution in [0, 0.1) is 47.2 Å². The molecule has 0 bridgehead atoms. The Morgan fingerprint density at radius 3 is 1.64 bits per heavy atom. The number of halogens is 2. The van der Waals surface area contributed by atoms with E-state index < -0.39 is 138 Å². The standard InChI is InChI=1S/C95H150ClFN18O16/c1-26-67(104-76(119)51-72(116)60(15)34-32-37-74(117)99-39-30-28-29-31-40-100-75(118)38-41-101-95-106-83-64(85(107-95)115-44-42-114(43-45-115)77(120)27-2)50-65(96)80-79(83)61(16)53-131-73-36-33-35-66(97)81(73)80)91(127)108(20)52-78(121)109(21)68(46-54(3)4)88(124)105-82(58(11)12)94(130)110(22)69(47-55(5)6)87(123)102-62(17)86(122)103-63(18)90(126)111(23)70(48-56(7)8)92(128)112(24)71(49-57(9)10)93(129)113(25)84(59(13)14)89(125)98-19/h27,33,35-36,50,54-60,62-63,67-72,82,84,116H,2,16,26,28-32,34,37-49,51-53H2,1,3-15,17-25H3,(H,98,125)(H,99,117)(H,100,118)(H,102,123)(H,103,122)(H,104,119)(H,105,124)(H,101,106,107)/t60-,62+,63-,67+,68+,69+,70+,71+,72+,82+,84+/m1/s1. The molecule has 0 radical (unpaired) electrons. The maximum absolute atomic E-state index is 15.7. The number of aromatic nitrogens is 2. The van der Waals surface area contributed by atoms with Gasteiger partial charge >= 0.3 is 0 Å². The first-order chi connectivity index (χ1) is 61.5. The SMILES string of the molecule is C=CC(=O)N1CCN(c2nc(NCCC(=O)NCCCCCCNC(=O)CCC[C@@H](C)[C@@H](O)CC(=O)N[C@@H](CC)C(=O)N(C)CC(=O)N(C)[C@@H](CC(C)C)C(=O)N[C@H](C(=O)N(C)[C@@H](CC(C)C)C(=O)N[C@@H](C)C(=O)N[C@H](C)C(=O)N(C)[C@@H](CC(C)C)C(=O)N(C)[C@@H](CC(C)C)C(=O)N(C)[C@H](C(=O)NC)C(C)C)C(C)C)nc3c4c(c(Cl)cc23)-c2c(F)cccc2OCC4=C)CC1. The highest BCUT2D eigenvalue weighted by Crippen LogP contribution is 2.48. The van der Waals surface area contributed by atoms with Crippen LogP contribution in [-0.2, 0) is 67.1 Å². The molecule has 14 amide bonds. The fourth-order valence-corrected chi connectivity index (χ4v) is 16.6. The van der Waals surface area contributed by atoms with Gasteiger partial charge in [-0.3, -0.25) is 67.1 Å². The van der Waals surface area contributed by atoms with E-state index in [1.165, 1.54) is 99.8 Å². The molecule has 0 saturated carbocycles. The highest BCUT2D eigenvalue weighted by molar-refractivity contribution is 6.35. The van der Waals surface area contributed by atoms with Gasteiger partial charge in [0.05, 0.1) is 35.2 Å². The number of piperazine rings is 1. The summed E-state index contributed by atoms with van der Waals surface area (Å²) in [5, 5.41) is 34.7. The van der Waals surface area contributed by atoms with E-state index >= 15 is 4.39 Å². The number of aliphatic hydroxyl groups is 1. The molecule has 36 heteroatoms. The normalized spacial score (nSPS) is 15.2. The van der Waals surface area contributed by atoms with Crippen molar-refractivity contribution in [3.63, 3.8) is 0 Å². The third kappa shape index (κ3) is 31.8. The van der Waals surface area contributed by atoms with E-state index in [4.69, 9.17) is 26.3 Å². The van der Waals surface area contributed by atoms with Gasteiger partial charge in [-0.2, -0.15) is 4.98 Å². The molecule has 0 spiro atoms. The van der Waals surface area contributed by atoms with Crippen molar-refractivity contribution in [2.75, 3.05) is 119 Å². The molecule has 2 aliphatic heterocycles. The molecule has 34 nitrogen and oxygen atoms in total. The Morgan fingerprint density at radius 1 is 0.573 bits per heavy atom. The second-order valence-electron chi connectivity index (χ2n) is 37.4. The molecule has 11 atom stereocenters. The Hall–Kier alpha value is -10.6. The number of carbonyl (C=O) groups excluding carboxylic acids is 14. The fourth-order valence-electron chi connectivity index (χ4n) is 16.3. The number of carbonyl (C=O) groups is 14. The molecule has 5 rings (SSSR count). The van der Waals surface area contributed by atoms with E-state index in [0.717, 1.165) is 17.7 Å². The highest BCUT2D eigenvalue weighted by Gasteiger charge is 2.43. The Morgan fingerprint density at radius 2 is 1.10 bits per heavy atom. The van der Waals surface area contributed by atoms with Crippen LogP contribution in [0.1, 0.15) is 206 Å². The van der Waals surface area contributed by atoms with Crippen LogP contribution < -0.4 is 52.2 Å². The van der Waals surface area contributed by atoms with Gasteiger partial charge in [-0.15, -0.1) is 0 Å². The number of rotatable bonds is 51. The molecule has 131 heavy (non-hydrogen) atoms. The largest absolute Gasteiger partial charge is 0.488 e. The summed E-state index contributed by atoms with van der Waals surface area (Å²) in [6.07, 6.45) is 4.93. The van der Waals surface area contributed by atoms with Gasteiger partial charge in [0.1, 0.15) is 78.4 Å². The van der Waals surface area contributed by atoms with Crippen molar-refractivity contribution in [1.82, 2.24) is 81.5 Å². The average Bonchev–Trinajstić information content (AvgIpc) is 1.72. The lowest BCUT2D eigenvalue weighted by Gasteiger charge is -2.39. The zero-order chi connectivity index (χ0) is 98.4. The van der Waals surface area contributed by atoms with Crippen LogP contribution in [0.3, 0.4) is 0 Å². The number of hydrogen-bond donors (Lipinski definition) is 9. The van der Waals surface area contributed by atoms with Crippen molar-refractivity contribution in [3.8, 4) is 16.9 Å². The van der Waals surface area contributed by atoms with Crippen molar-refractivity contribution in [1.29, 1.82) is 0 Å². The summed E-state index contributed by atoms with van der Waals surface area (Å²) in [6.45, 7) is 38.7. The highest BCUT2D eigenvalue weighted by atomic mass is 35.5. The first kappa shape index (κ1) is 111. The summed E-state index contributed by atoms with van der Waals surface area (Å²) in [4.78, 5) is 215. The first-order valence-corrected chi connectivity index (χ1v) is 46.7. The number of amides is 14. The lowest BCUT2D eigenvalue weighted by Crippen LogP contribution is -2.61. The molecule has 1 fully saturated rings. The maximum Gasteiger partial charge on any atom is 0.246 e. The van der Waals surface area contributed by atoms with E-state index in [-0.39, 0.29) is 140 Å². The second kappa shape index (κ2) is 52.6. The Balaban J connectivity index is 1.06. The average molecular weight is 1850 g/mol. The number of benzene rings is 2. The second-order valence-corrected chi connectivity index (χ2v) is 37.8. The number of hydrogen-bond acceptors (Lipinski definition) is 20. The number of aliphatic hydroxyl groups excluding tert-OH is 1. The van der Waals surface area contributed by atoms with Crippen molar-refractivity contribution in [2.24, 2.45) is 41.4 Å². The zero-order valence-electron chi connectivity index (χ0n) is 81.7. The van der Waals surface area contributed by atoms with E-state index in [9.17, 15) is 72.2 Å². The van der Waals surface area contributed by atoms with Crippen molar-refractivity contribution in [2.45, 2.75) is 261 Å². The van der Waals surface area contributed by atoms with Gasteiger partial charge in [-0.1, -0.05) is 141 Å². The molecule has 3 heterocycles. The summed E-state index contributed by atoms with van der Waals surface area (Å²) in [6, 6.07) is -3.67. The quantitative estimate of drug-likeness (QED) is 0.0193. The monoisotopic (exact) mass is 1850 g/mol. The smallest absolute Gasteiger partial charge is 0.246 e. The van der Waals surface area contributed by atoms with Gasteiger partial charge in [-0.25, -0.2) is 9.37 Å². The number of likely N-dealkylation sites (N-methyl/N-ethyl adjacent to an activating group) is 7. The number of nitrogens with zero attached hydrogens (tertiary/aromatic N) is 10. The predicted molar refractivity (Wildman–Crippen MR) is 506 cm³/mol. The van der Waals surface area contributed by atoms with E-state index in [1.807, 2.05) is 74.1 Å². The summed E-state index contributed by atoms with van der Waals surface area (Å²) < 4.78 is 21.7.